The lowest BCUT2D eigenvalue weighted by atomic mass is 10.0. The molecule has 0 spiro atoms. The van der Waals surface area contributed by atoms with Gasteiger partial charge in [0.1, 0.15) is 5.75 Å². The fourth-order valence-electron chi connectivity index (χ4n) is 2.04. The number of likely N-dealkylation sites (N-methyl/N-ethyl adjacent to an activating group) is 1. The number of alkyl halides is 3. The molecule has 0 aromatic heterocycles. The van der Waals surface area contributed by atoms with Crippen molar-refractivity contribution in [3.05, 3.63) is 29.8 Å². The van der Waals surface area contributed by atoms with Gasteiger partial charge in [0.15, 0.2) is 0 Å². The molecule has 2 N–H and O–H groups in total. The Hall–Kier alpha value is -1.47. The Morgan fingerprint density at radius 1 is 1.26 bits per heavy atom. The summed E-state index contributed by atoms with van der Waals surface area (Å²) >= 11 is 0. The smallest absolute Gasteiger partial charge is 0.406 e. The minimum atomic E-state index is -4.71. The number of nitrogens with two attached hydrogens (primary N) is 1. The van der Waals surface area contributed by atoms with E-state index in [4.69, 9.17) is 5.73 Å². The summed E-state index contributed by atoms with van der Waals surface area (Å²) in [6.45, 7) is 4.23. The van der Waals surface area contributed by atoms with E-state index < -0.39 is 12.4 Å². The first-order chi connectivity index (χ1) is 10.1. The second kappa shape index (κ2) is 8.98. The van der Waals surface area contributed by atoms with Crippen LogP contribution < -0.4 is 10.5 Å². The van der Waals surface area contributed by atoms with Crippen LogP contribution in [0.1, 0.15) is 25.8 Å². The lowest BCUT2D eigenvalue weighted by molar-refractivity contribution is -0.274. The number of hydrogen-bond acceptors (Lipinski definition) is 3. The summed E-state index contributed by atoms with van der Waals surface area (Å²) in [7, 11) is 1.61. The summed E-state index contributed by atoms with van der Waals surface area (Å²) in [4.78, 5) is 13.5. The fraction of sp³-hybridized carbons (Fsp3) is 0.533. The van der Waals surface area contributed by atoms with Gasteiger partial charge in [-0.15, -0.1) is 25.6 Å². The number of amides is 1. The maximum Gasteiger partial charge on any atom is 0.573 e. The van der Waals surface area contributed by atoms with E-state index in [0.29, 0.717) is 17.9 Å². The van der Waals surface area contributed by atoms with Crippen molar-refractivity contribution >= 4 is 18.3 Å². The molecule has 8 heteroatoms. The summed E-state index contributed by atoms with van der Waals surface area (Å²) in [5.74, 6) is -0.169. The van der Waals surface area contributed by atoms with Crippen LogP contribution in [0.25, 0.3) is 0 Å². The molecule has 1 atom stereocenters. The van der Waals surface area contributed by atoms with Crippen LogP contribution >= 0.6 is 12.4 Å². The van der Waals surface area contributed by atoms with Crippen molar-refractivity contribution in [3.63, 3.8) is 0 Å². The van der Waals surface area contributed by atoms with Gasteiger partial charge in [-0.1, -0.05) is 26.0 Å². The molecule has 0 aliphatic carbocycles. The number of rotatable bonds is 6. The lowest BCUT2D eigenvalue weighted by Crippen LogP contribution is -2.42. The minimum Gasteiger partial charge on any atom is -0.406 e. The van der Waals surface area contributed by atoms with Crippen LogP contribution in [-0.2, 0) is 11.3 Å². The van der Waals surface area contributed by atoms with Crippen molar-refractivity contribution in [2.24, 2.45) is 11.7 Å². The number of ether oxygens (including phenoxy) is 1. The highest BCUT2D eigenvalue weighted by atomic mass is 35.5. The first kappa shape index (κ1) is 21.5. The lowest BCUT2D eigenvalue weighted by Gasteiger charge is -2.22. The zero-order valence-corrected chi connectivity index (χ0v) is 14.1. The van der Waals surface area contributed by atoms with E-state index in [0.717, 1.165) is 0 Å². The molecule has 0 aliphatic heterocycles. The third-order valence-corrected chi connectivity index (χ3v) is 3.00. The molecule has 0 saturated carbocycles. The Bertz CT molecular complexity index is 492. The minimum absolute atomic E-state index is 0. The predicted molar refractivity (Wildman–Crippen MR) is 84.3 cm³/mol. The molecule has 0 saturated heterocycles. The normalized spacial score (nSPS) is 12.5. The average molecular weight is 355 g/mol. The molecule has 0 unspecified atom stereocenters. The van der Waals surface area contributed by atoms with Gasteiger partial charge in [0.2, 0.25) is 5.91 Å². The van der Waals surface area contributed by atoms with Gasteiger partial charge in [0.25, 0.3) is 0 Å². The Balaban J connectivity index is 0.00000484. The van der Waals surface area contributed by atoms with Gasteiger partial charge in [-0.05, 0) is 30.0 Å². The molecule has 1 rings (SSSR count). The largest absolute Gasteiger partial charge is 0.573 e. The van der Waals surface area contributed by atoms with E-state index in [1.165, 1.54) is 29.2 Å². The Morgan fingerprint density at radius 2 is 1.78 bits per heavy atom. The summed E-state index contributed by atoms with van der Waals surface area (Å²) in [6.07, 6.45) is -4.13. The van der Waals surface area contributed by atoms with Crippen molar-refractivity contribution in [1.29, 1.82) is 0 Å². The molecule has 23 heavy (non-hydrogen) atoms. The van der Waals surface area contributed by atoms with Crippen molar-refractivity contribution in [3.8, 4) is 5.75 Å². The maximum atomic E-state index is 12.1. The number of hydrogen-bond donors (Lipinski definition) is 1. The first-order valence-electron chi connectivity index (χ1n) is 6.93. The highest BCUT2D eigenvalue weighted by Gasteiger charge is 2.31. The second-order valence-corrected chi connectivity index (χ2v) is 5.62. The fourth-order valence-corrected chi connectivity index (χ4v) is 2.04. The number of benzene rings is 1. The molecule has 4 nitrogen and oxygen atoms in total. The number of halogens is 4. The molecule has 132 valence electrons. The zero-order valence-electron chi connectivity index (χ0n) is 13.3. The van der Waals surface area contributed by atoms with Gasteiger partial charge in [-0.25, -0.2) is 0 Å². The molecular formula is C15H22ClF3N2O2. The van der Waals surface area contributed by atoms with E-state index >= 15 is 0 Å². The average Bonchev–Trinajstić information content (AvgIpc) is 2.37. The molecular weight excluding hydrogens is 333 g/mol. The molecule has 0 fully saturated rings. The quantitative estimate of drug-likeness (QED) is 0.852. The van der Waals surface area contributed by atoms with Gasteiger partial charge in [-0.2, -0.15) is 0 Å². The van der Waals surface area contributed by atoms with E-state index in [9.17, 15) is 18.0 Å². The highest BCUT2D eigenvalue weighted by Crippen LogP contribution is 2.23. The molecule has 1 aromatic rings. The topological polar surface area (TPSA) is 55.6 Å². The van der Waals surface area contributed by atoms with E-state index in [2.05, 4.69) is 4.74 Å². The van der Waals surface area contributed by atoms with Gasteiger partial charge in [0.05, 0.1) is 6.04 Å². The molecule has 0 bridgehead atoms. The van der Waals surface area contributed by atoms with E-state index in [-0.39, 0.29) is 30.6 Å². The Labute approximate surface area is 140 Å². The maximum absolute atomic E-state index is 12.1. The van der Waals surface area contributed by atoms with E-state index in [1.807, 2.05) is 13.8 Å². The van der Waals surface area contributed by atoms with Crippen molar-refractivity contribution in [2.75, 3.05) is 7.05 Å². The Morgan fingerprint density at radius 3 is 2.22 bits per heavy atom. The van der Waals surface area contributed by atoms with Crippen LogP contribution in [0.5, 0.6) is 5.75 Å². The monoisotopic (exact) mass is 354 g/mol. The van der Waals surface area contributed by atoms with Crippen LogP contribution in [0.2, 0.25) is 0 Å². The zero-order chi connectivity index (χ0) is 16.9. The summed E-state index contributed by atoms with van der Waals surface area (Å²) in [5, 5.41) is 0. The second-order valence-electron chi connectivity index (χ2n) is 5.62. The van der Waals surface area contributed by atoms with Gasteiger partial charge < -0.3 is 15.4 Å². The SMILES string of the molecule is CC(C)C[C@H](N)C(=O)N(C)Cc1ccc(OC(F)(F)F)cc1.Cl. The highest BCUT2D eigenvalue weighted by molar-refractivity contribution is 5.85. The van der Waals surface area contributed by atoms with Crippen molar-refractivity contribution < 1.29 is 22.7 Å². The Kier molecular flexibility index (Phi) is 8.41. The molecule has 0 aliphatic rings. The van der Waals surface area contributed by atoms with Crippen molar-refractivity contribution in [1.82, 2.24) is 4.90 Å². The molecule has 1 amide bonds. The number of nitrogens with zero attached hydrogens (tertiary/aromatic N) is 1. The molecule has 1 aromatic carbocycles. The third-order valence-electron chi connectivity index (χ3n) is 3.00. The number of carbonyl (C=O) groups is 1. The van der Waals surface area contributed by atoms with E-state index in [1.54, 1.807) is 7.05 Å². The van der Waals surface area contributed by atoms with Gasteiger partial charge in [-0.3, -0.25) is 4.79 Å². The predicted octanol–water partition coefficient (Wildman–Crippen LogP) is 3.34. The van der Waals surface area contributed by atoms with Crippen LogP contribution in [0, 0.1) is 5.92 Å². The summed E-state index contributed by atoms with van der Waals surface area (Å²) < 4.78 is 40.0. The molecule has 0 radical (unpaired) electrons. The van der Waals surface area contributed by atoms with Crippen LogP contribution in [0.4, 0.5) is 13.2 Å². The van der Waals surface area contributed by atoms with Gasteiger partial charge >= 0.3 is 6.36 Å². The number of carbonyl (C=O) groups excluding carboxylic acids is 1. The van der Waals surface area contributed by atoms with Crippen LogP contribution in [0.15, 0.2) is 24.3 Å². The summed E-state index contributed by atoms with van der Waals surface area (Å²) in [5.41, 5.74) is 6.53. The first-order valence-corrected chi connectivity index (χ1v) is 6.93. The van der Waals surface area contributed by atoms with Crippen LogP contribution in [-0.4, -0.2) is 30.3 Å². The van der Waals surface area contributed by atoms with Gasteiger partial charge in [0, 0.05) is 13.6 Å². The van der Waals surface area contributed by atoms with Crippen LogP contribution in [0.3, 0.4) is 0 Å². The third kappa shape index (κ3) is 8.08. The standard InChI is InChI=1S/C15H21F3N2O2.ClH/c1-10(2)8-13(19)14(21)20(3)9-11-4-6-12(7-5-11)22-15(16,17)18;/h4-7,10,13H,8-9,19H2,1-3H3;1H/t13-;/m0./s1. The summed E-state index contributed by atoms with van der Waals surface area (Å²) in [6, 6.07) is 4.83. The molecule has 0 heterocycles. The van der Waals surface area contributed by atoms with Crippen molar-refractivity contribution in [2.45, 2.75) is 39.2 Å².